The van der Waals surface area contributed by atoms with Crippen LogP contribution in [0.4, 0.5) is 0 Å². The van der Waals surface area contributed by atoms with Gasteiger partial charge in [-0.25, -0.2) is 0 Å². The summed E-state index contributed by atoms with van der Waals surface area (Å²) in [5.41, 5.74) is 1.31. The summed E-state index contributed by atoms with van der Waals surface area (Å²) in [5.74, 6) is 0.928. The second-order valence-corrected chi connectivity index (χ2v) is 7.05. The number of hydrogen-bond acceptors (Lipinski definition) is 2. The zero-order valence-corrected chi connectivity index (χ0v) is 13.5. The zero-order valence-electron chi connectivity index (χ0n) is 11.1. The maximum atomic E-state index is 6.34. The van der Waals surface area contributed by atoms with Crippen LogP contribution >= 0.6 is 27.5 Å². The van der Waals surface area contributed by atoms with Crippen LogP contribution in [-0.4, -0.2) is 29.5 Å². The van der Waals surface area contributed by atoms with Crippen LogP contribution in [0.3, 0.4) is 0 Å². The van der Waals surface area contributed by atoms with E-state index >= 15 is 0 Å². The molecule has 0 radical (unpaired) electrons. The Morgan fingerprint density at radius 1 is 1.32 bits per heavy atom. The molecule has 2 heterocycles. The van der Waals surface area contributed by atoms with Gasteiger partial charge >= 0.3 is 0 Å². The van der Waals surface area contributed by atoms with Crippen LogP contribution in [0.15, 0.2) is 22.7 Å². The molecule has 0 N–H and O–H groups in total. The highest BCUT2D eigenvalue weighted by Crippen LogP contribution is 2.39. The molecule has 4 heteroatoms. The van der Waals surface area contributed by atoms with Crippen molar-refractivity contribution in [2.45, 2.75) is 49.7 Å². The summed E-state index contributed by atoms with van der Waals surface area (Å²) in [6.45, 7) is 0.997. The quantitative estimate of drug-likeness (QED) is 0.762. The molecule has 3 rings (SSSR count). The van der Waals surface area contributed by atoms with Gasteiger partial charge in [-0.3, -0.25) is 4.90 Å². The first-order valence-electron chi connectivity index (χ1n) is 6.89. The van der Waals surface area contributed by atoms with Gasteiger partial charge in [0.05, 0.1) is 7.11 Å². The second kappa shape index (κ2) is 5.63. The molecule has 2 nitrogen and oxygen atoms in total. The van der Waals surface area contributed by atoms with Gasteiger partial charge in [0.2, 0.25) is 0 Å². The summed E-state index contributed by atoms with van der Waals surface area (Å²) in [5, 5.41) is 0.377. The maximum Gasteiger partial charge on any atom is 0.119 e. The van der Waals surface area contributed by atoms with Crippen LogP contribution in [0.1, 0.15) is 31.2 Å². The smallest absolute Gasteiger partial charge is 0.119 e. The van der Waals surface area contributed by atoms with Crippen LogP contribution in [0.5, 0.6) is 5.75 Å². The van der Waals surface area contributed by atoms with Crippen LogP contribution in [0, 0.1) is 0 Å². The van der Waals surface area contributed by atoms with Crippen LogP contribution in [-0.2, 0) is 6.54 Å². The molecule has 19 heavy (non-hydrogen) atoms. The number of methoxy groups -OCH3 is 1. The molecule has 1 aromatic rings. The van der Waals surface area contributed by atoms with E-state index in [4.69, 9.17) is 16.3 Å². The molecular weight excluding hydrogens is 326 g/mol. The average molecular weight is 345 g/mol. The van der Waals surface area contributed by atoms with Gasteiger partial charge in [-0.2, -0.15) is 0 Å². The summed E-state index contributed by atoms with van der Waals surface area (Å²) >= 11 is 9.99. The normalized spacial score (nSPS) is 30.6. The van der Waals surface area contributed by atoms with Gasteiger partial charge in [0.15, 0.2) is 0 Å². The Kier molecular flexibility index (Phi) is 4.06. The highest BCUT2D eigenvalue weighted by atomic mass is 79.9. The van der Waals surface area contributed by atoms with E-state index in [0.29, 0.717) is 17.5 Å². The van der Waals surface area contributed by atoms with E-state index in [0.717, 1.165) is 25.1 Å². The highest BCUT2D eigenvalue weighted by molar-refractivity contribution is 9.10. The van der Waals surface area contributed by atoms with E-state index in [1.807, 2.05) is 6.07 Å². The third kappa shape index (κ3) is 2.79. The van der Waals surface area contributed by atoms with Gasteiger partial charge in [0, 0.05) is 28.5 Å². The number of fused-ring (bicyclic) bond motifs is 2. The molecule has 2 saturated heterocycles. The van der Waals surface area contributed by atoms with E-state index in [2.05, 4.69) is 33.0 Å². The SMILES string of the molecule is COc1ccc(Br)c(CN2C3CCC2CC(Cl)C3)c1. The number of hydrogen-bond donors (Lipinski definition) is 0. The van der Waals surface area contributed by atoms with E-state index in [1.54, 1.807) is 7.11 Å². The van der Waals surface area contributed by atoms with Crippen molar-refractivity contribution in [3.05, 3.63) is 28.2 Å². The molecule has 0 saturated carbocycles. The molecule has 104 valence electrons. The summed E-state index contributed by atoms with van der Waals surface area (Å²) in [6.07, 6.45) is 4.88. The van der Waals surface area contributed by atoms with Crippen molar-refractivity contribution >= 4 is 27.5 Å². The molecule has 2 fully saturated rings. The Hall–Kier alpha value is -0.250. The predicted molar refractivity (Wildman–Crippen MR) is 81.9 cm³/mol. The maximum absolute atomic E-state index is 6.34. The van der Waals surface area contributed by atoms with E-state index in [1.165, 1.54) is 22.9 Å². The lowest BCUT2D eigenvalue weighted by molar-refractivity contribution is 0.134. The number of halogens is 2. The molecule has 0 aromatic heterocycles. The first kappa shape index (κ1) is 13.7. The summed E-state index contributed by atoms with van der Waals surface area (Å²) in [4.78, 5) is 2.64. The molecule has 2 aliphatic rings. The molecule has 0 spiro atoms. The molecular formula is C15H19BrClNO. The fourth-order valence-corrected chi connectivity index (χ4v) is 4.25. The van der Waals surface area contributed by atoms with Crippen molar-refractivity contribution in [3.8, 4) is 5.75 Å². The number of alkyl halides is 1. The standard InChI is InChI=1S/C15H19BrClNO/c1-19-14-4-5-15(16)10(6-14)9-18-12-2-3-13(18)8-11(17)7-12/h4-6,11-13H,2-3,7-9H2,1H3. The van der Waals surface area contributed by atoms with Crippen molar-refractivity contribution in [2.75, 3.05) is 7.11 Å². The highest BCUT2D eigenvalue weighted by Gasteiger charge is 2.39. The van der Waals surface area contributed by atoms with Gasteiger partial charge in [-0.15, -0.1) is 11.6 Å². The fraction of sp³-hybridized carbons (Fsp3) is 0.600. The van der Waals surface area contributed by atoms with Crippen molar-refractivity contribution in [1.82, 2.24) is 4.90 Å². The second-order valence-electron chi connectivity index (χ2n) is 5.58. The summed E-state index contributed by atoms with van der Waals surface area (Å²) in [7, 11) is 1.72. The average Bonchev–Trinajstić information content (AvgIpc) is 2.64. The Morgan fingerprint density at radius 2 is 2.00 bits per heavy atom. The molecule has 2 bridgehead atoms. The lowest BCUT2D eigenvalue weighted by Crippen LogP contribution is -2.42. The Bertz CT molecular complexity index is 453. The Balaban J connectivity index is 1.78. The summed E-state index contributed by atoms with van der Waals surface area (Å²) in [6, 6.07) is 7.53. The zero-order chi connectivity index (χ0) is 13.4. The van der Waals surface area contributed by atoms with Crippen molar-refractivity contribution in [3.63, 3.8) is 0 Å². The van der Waals surface area contributed by atoms with E-state index in [9.17, 15) is 0 Å². The van der Waals surface area contributed by atoms with Crippen molar-refractivity contribution < 1.29 is 4.74 Å². The van der Waals surface area contributed by atoms with Gasteiger partial charge in [-0.05, 0) is 49.4 Å². The predicted octanol–water partition coefficient (Wildman–Crippen LogP) is 4.19. The van der Waals surface area contributed by atoms with Crippen molar-refractivity contribution in [2.24, 2.45) is 0 Å². The van der Waals surface area contributed by atoms with Gasteiger partial charge in [0.25, 0.3) is 0 Å². The minimum atomic E-state index is 0.377. The number of nitrogens with zero attached hydrogens (tertiary/aromatic N) is 1. The van der Waals surface area contributed by atoms with Gasteiger partial charge in [-0.1, -0.05) is 15.9 Å². The number of benzene rings is 1. The largest absolute Gasteiger partial charge is 0.497 e. The van der Waals surface area contributed by atoms with Crippen LogP contribution in [0.2, 0.25) is 0 Å². The topological polar surface area (TPSA) is 12.5 Å². The van der Waals surface area contributed by atoms with Crippen LogP contribution < -0.4 is 4.74 Å². The minimum absolute atomic E-state index is 0.377. The molecule has 1 aromatic carbocycles. The lowest BCUT2D eigenvalue weighted by Gasteiger charge is -2.37. The number of ether oxygens (including phenoxy) is 1. The molecule has 0 aliphatic carbocycles. The third-order valence-electron chi connectivity index (χ3n) is 4.43. The van der Waals surface area contributed by atoms with E-state index in [-0.39, 0.29) is 0 Å². The fourth-order valence-electron chi connectivity index (χ4n) is 3.46. The molecule has 0 amide bonds. The van der Waals surface area contributed by atoms with Gasteiger partial charge in [0.1, 0.15) is 5.75 Å². The molecule has 2 unspecified atom stereocenters. The van der Waals surface area contributed by atoms with E-state index < -0.39 is 0 Å². The Morgan fingerprint density at radius 3 is 2.63 bits per heavy atom. The lowest BCUT2D eigenvalue weighted by atomic mass is 10.0. The monoisotopic (exact) mass is 343 g/mol. The first-order chi connectivity index (χ1) is 9.17. The molecule has 2 aliphatic heterocycles. The summed E-state index contributed by atoms with van der Waals surface area (Å²) < 4.78 is 6.49. The molecule has 2 atom stereocenters. The number of piperidine rings is 1. The number of rotatable bonds is 3. The third-order valence-corrected chi connectivity index (χ3v) is 5.56. The Labute approximate surface area is 128 Å². The minimum Gasteiger partial charge on any atom is -0.497 e. The van der Waals surface area contributed by atoms with Gasteiger partial charge < -0.3 is 4.74 Å². The van der Waals surface area contributed by atoms with Crippen LogP contribution in [0.25, 0.3) is 0 Å². The van der Waals surface area contributed by atoms with Crippen molar-refractivity contribution in [1.29, 1.82) is 0 Å². The first-order valence-corrected chi connectivity index (χ1v) is 8.12.